The maximum atomic E-state index is 13.6. The second kappa shape index (κ2) is 9.75. The van der Waals surface area contributed by atoms with Crippen molar-refractivity contribution in [1.82, 2.24) is 20.3 Å². The van der Waals surface area contributed by atoms with Gasteiger partial charge in [-0.05, 0) is 18.1 Å². The smallest absolute Gasteiger partial charge is 0.257 e. The minimum Gasteiger partial charge on any atom is -0.335 e. The van der Waals surface area contributed by atoms with E-state index in [0.29, 0.717) is 6.54 Å². The van der Waals surface area contributed by atoms with E-state index >= 15 is 0 Å². The van der Waals surface area contributed by atoms with Crippen molar-refractivity contribution in [2.24, 2.45) is 0 Å². The van der Waals surface area contributed by atoms with E-state index in [1.165, 1.54) is 6.20 Å². The molecule has 2 N–H and O–H groups in total. The largest absolute Gasteiger partial charge is 0.335 e. The summed E-state index contributed by atoms with van der Waals surface area (Å²) >= 11 is 0. The fourth-order valence-corrected chi connectivity index (χ4v) is 2.90. The van der Waals surface area contributed by atoms with Crippen LogP contribution in [0.1, 0.15) is 40.1 Å². The van der Waals surface area contributed by atoms with Crippen LogP contribution in [0.25, 0.3) is 0 Å². The van der Waals surface area contributed by atoms with Gasteiger partial charge in [0, 0.05) is 19.8 Å². The highest BCUT2D eigenvalue weighted by Crippen LogP contribution is 2.21. The predicted octanol–water partition coefficient (Wildman–Crippen LogP) is 3.90. The molecule has 0 fully saturated rings. The van der Waals surface area contributed by atoms with Crippen LogP contribution in [-0.4, -0.2) is 27.8 Å². The zero-order valence-electron chi connectivity index (χ0n) is 16.5. The highest BCUT2D eigenvalue weighted by molar-refractivity contribution is 5.95. The molecule has 29 heavy (non-hydrogen) atoms. The van der Waals surface area contributed by atoms with Gasteiger partial charge in [-0.25, -0.2) is 19.8 Å². The highest BCUT2D eigenvalue weighted by atomic mass is 19.1. The van der Waals surface area contributed by atoms with Gasteiger partial charge >= 0.3 is 0 Å². The monoisotopic (exact) mass is 393 g/mol. The number of hydrogen-bond donors (Lipinski definition) is 2. The summed E-state index contributed by atoms with van der Waals surface area (Å²) in [5.74, 6) is -0.110. The summed E-state index contributed by atoms with van der Waals surface area (Å²) in [4.78, 5) is 22.8. The van der Waals surface area contributed by atoms with Crippen LogP contribution >= 0.6 is 0 Å². The number of benzene rings is 2. The van der Waals surface area contributed by atoms with Gasteiger partial charge in [0.2, 0.25) is 5.95 Å². The van der Waals surface area contributed by atoms with E-state index < -0.39 is 6.67 Å². The number of anilines is 1. The van der Waals surface area contributed by atoms with Crippen LogP contribution in [0.4, 0.5) is 10.3 Å². The summed E-state index contributed by atoms with van der Waals surface area (Å²) in [5.41, 5.74) is 8.12. The van der Waals surface area contributed by atoms with Gasteiger partial charge in [0.1, 0.15) is 6.67 Å². The number of alkyl halides is 1. The maximum absolute atomic E-state index is 13.6. The lowest BCUT2D eigenvalue weighted by molar-refractivity contribution is 0.0739. The highest BCUT2D eigenvalue weighted by Gasteiger charge is 2.22. The number of hydrazine groups is 1. The van der Waals surface area contributed by atoms with Crippen molar-refractivity contribution >= 4 is 11.9 Å². The molecule has 1 atom stereocenters. The van der Waals surface area contributed by atoms with Crippen LogP contribution in [0.2, 0.25) is 0 Å². The average Bonchev–Trinajstić information content (AvgIpc) is 2.78. The summed E-state index contributed by atoms with van der Waals surface area (Å²) in [6.07, 6.45) is 1.37. The number of nitrogens with zero attached hydrogens (tertiary/aromatic N) is 3. The molecule has 0 aliphatic heterocycles. The molecule has 0 radical (unpaired) electrons. The summed E-state index contributed by atoms with van der Waals surface area (Å²) in [6.45, 7) is 1.62. The van der Waals surface area contributed by atoms with Gasteiger partial charge in [0.05, 0.1) is 17.3 Å². The van der Waals surface area contributed by atoms with Crippen LogP contribution in [0.15, 0.2) is 66.9 Å². The molecule has 0 spiro atoms. The number of carbonyl (C=O) groups excluding carboxylic acids is 1. The topological polar surface area (TPSA) is 70.2 Å². The first kappa shape index (κ1) is 20.4. The molecule has 0 bridgehead atoms. The summed E-state index contributed by atoms with van der Waals surface area (Å²) in [7, 11) is 1.69. The second-order valence-corrected chi connectivity index (χ2v) is 6.65. The number of aromatic nitrogens is 2. The Morgan fingerprint density at radius 3 is 2.41 bits per heavy atom. The van der Waals surface area contributed by atoms with E-state index in [2.05, 4.69) is 20.8 Å². The first-order valence-electron chi connectivity index (χ1n) is 9.37. The molecule has 7 heteroatoms. The molecule has 2 aromatic carbocycles. The third kappa shape index (κ3) is 5.14. The van der Waals surface area contributed by atoms with E-state index in [1.54, 1.807) is 11.9 Å². The number of hydrogen-bond acceptors (Lipinski definition) is 5. The minimum atomic E-state index is -0.857. The molecule has 1 aromatic heterocycles. The van der Waals surface area contributed by atoms with Crippen LogP contribution in [0.5, 0.6) is 0 Å². The van der Waals surface area contributed by atoms with Gasteiger partial charge in [-0.1, -0.05) is 60.7 Å². The third-order valence-electron chi connectivity index (χ3n) is 4.74. The van der Waals surface area contributed by atoms with Gasteiger partial charge in [0.15, 0.2) is 0 Å². The van der Waals surface area contributed by atoms with Gasteiger partial charge in [0.25, 0.3) is 5.91 Å². The molecule has 150 valence electrons. The molecule has 0 aliphatic carbocycles. The molecular formula is C22H24FN5O. The molecule has 1 heterocycles. The normalized spacial score (nSPS) is 11.7. The van der Waals surface area contributed by atoms with Crippen molar-refractivity contribution in [3.8, 4) is 0 Å². The Morgan fingerprint density at radius 2 is 1.76 bits per heavy atom. The second-order valence-electron chi connectivity index (χ2n) is 6.65. The van der Waals surface area contributed by atoms with Gasteiger partial charge in [-0.3, -0.25) is 10.2 Å². The fraction of sp³-hybridized carbons (Fsp3) is 0.227. The number of rotatable bonds is 8. The molecule has 3 aromatic rings. The zero-order chi connectivity index (χ0) is 20.6. The van der Waals surface area contributed by atoms with E-state index in [-0.39, 0.29) is 29.2 Å². The van der Waals surface area contributed by atoms with Crippen LogP contribution < -0.4 is 10.9 Å². The number of carbonyl (C=O) groups is 1. The quantitative estimate of drug-likeness (QED) is 0.568. The van der Waals surface area contributed by atoms with Crippen LogP contribution in [0.3, 0.4) is 0 Å². The number of nitrogens with one attached hydrogen (secondary N) is 2. The lowest BCUT2D eigenvalue weighted by Gasteiger charge is -2.26. The van der Waals surface area contributed by atoms with Crippen molar-refractivity contribution in [2.75, 3.05) is 12.5 Å². The Morgan fingerprint density at radius 1 is 1.10 bits per heavy atom. The molecule has 3 rings (SSSR count). The van der Waals surface area contributed by atoms with Crippen LogP contribution in [0, 0.1) is 0 Å². The Bertz CT molecular complexity index is 936. The lowest BCUT2D eigenvalue weighted by Crippen LogP contribution is -2.31. The van der Waals surface area contributed by atoms with Gasteiger partial charge in [-0.15, -0.1) is 0 Å². The lowest BCUT2D eigenvalue weighted by atomic mass is 10.1. The average molecular weight is 393 g/mol. The Kier molecular flexibility index (Phi) is 6.86. The first-order valence-corrected chi connectivity index (χ1v) is 9.37. The maximum Gasteiger partial charge on any atom is 0.257 e. The molecule has 1 unspecified atom stereocenters. The predicted molar refractivity (Wildman–Crippen MR) is 111 cm³/mol. The molecule has 6 nitrogen and oxygen atoms in total. The Balaban J connectivity index is 1.68. The minimum absolute atomic E-state index is 0.0566. The van der Waals surface area contributed by atoms with Crippen molar-refractivity contribution in [3.05, 3.63) is 89.2 Å². The van der Waals surface area contributed by atoms with Crippen molar-refractivity contribution in [3.63, 3.8) is 0 Å². The van der Waals surface area contributed by atoms with E-state index in [4.69, 9.17) is 0 Å². The summed E-state index contributed by atoms with van der Waals surface area (Å²) < 4.78 is 13.6. The third-order valence-corrected chi connectivity index (χ3v) is 4.74. The molecular weight excluding hydrogens is 369 g/mol. The summed E-state index contributed by atoms with van der Waals surface area (Å²) in [5, 5.41) is 0. The molecule has 0 saturated carbocycles. The molecule has 0 aliphatic rings. The Labute approximate surface area is 169 Å². The fourth-order valence-electron chi connectivity index (χ4n) is 2.90. The van der Waals surface area contributed by atoms with E-state index in [0.717, 1.165) is 11.1 Å². The van der Waals surface area contributed by atoms with Crippen molar-refractivity contribution < 1.29 is 9.18 Å². The molecule has 1 amide bonds. The van der Waals surface area contributed by atoms with Gasteiger partial charge < -0.3 is 4.90 Å². The van der Waals surface area contributed by atoms with Gasteiger partial charge in [-0.2, -0.15) is 0 Å². The number of halogens is 1. The summed E-state index contributed by atoms with van der Waals surface area (Å²) in [6, 6.07) is 19.3. The molecule has 0 saturated heterocycles. The Hall–Kier alpha value is -3.32. The van der Waals surface area contributed by atoms with Crippen LogP contribution in [-0.2, 0) is 13.2 Å². The number of amides is 1. The standard InChI is InChI=1S/C22H24FN5O/c1-16(18-11-7-4-8-12-18)28(2)21(29)19-15-24-22(26-20(19)13-23)27-25-14-17-9-5-3-6-10-17/h3-12,15-16,25H,13-14H2,1-2H3,(H,24,26,27). The van der Waals surface area contributed by atoms with E-state index in [9.17, 15) is 9.18 Å². The van der Waals surface area contributed by atoms with E-state index in [1.807, 2.05) is 67.6 Å². The zero-order valence-corrected chi connectivity index (χ0v) is 16.5. The SMILES string of the molecule is CC(c1ccccc1)N(C)C(=O)c1cnc(NNCc2ccccc2)nc1CF. The first-order chi connectivity index (χ1) is 14.1. The van der Waals surface area contributed by atoms with Crippen molar-refractivity contribution in [2.45, 2.75) is 26.2 Å². The van der Waals surface area contributed by atoms with Crippen molar-refractivity contribution in [1.29, 1.82) is 0 Å².